The maximum Gasteiger partial charge on any atom is 0.343 e. The Balaban J connectivity index is 1.18. The zero-order valence-corrected chi connectivity index (χ0v) is 34.2. The summed E-state index contributed by atoms with van der Waals surface area (Å²) < 4.78 is 38.3. The van der Waals surface area contributed by atoms with E-state index in [4.69, 9.17) is 33.2 Å². The van der Waals surface area contributed by atoms with Crippen molar-refractivity contribution in [3.05, 3.63) is 157 Å². The van der Waals surface area contributed by atoms with Gasteiger partial charge in [-0.25, -0.2) is 24.0 Å². The van der Waals surface area contributed by atoms with Crippen molar-refractivity contribution in [2.45, 2.75) is 57.5 Å². The third-order valence-corrected chi connectivity index (χ3v) is 8.92. The predicted octanol–water partition coefficient (Wildman–Crippen LogP) is 9.40. The van der Waals surface area contributed by atoms with Gasteiger partial charge >= 0.3 is 29.8 Å². The fourth-order valence-electron chi connectivity index (χ4n) is 5.58. The minimum absolute atomic E-state index is 0.209. The lowest BCUT2D eigenvalue weighted by atomic mass is 10.1. The standard InChI is InChI=1S/C49H52O12/c1-3-45(50)57-34-14-7-5-12-32-55-41-25-18-37(19-26-41)20-31-47(52)59-36-44(38-16-10-9-11-17-38)61-49(54)40-23-29-43(30-24-40)60-48(53)39-21-27-42(28-22-39)56-33-13-6-8-15-35-58-46(51)4-2/h3-4,9-11,16-31,44H,1-2,5-8,12-15,32-36H2/b31-20+/t44-/m0/s1. The Morgan fingerprint density at radius 2 is 0.967 bits per heavy atom. The molecule has 0 aliphatic rings. The fourth-order valence-corrected chi connectivity index (χ4v) is 5.58. The van der Waals surface area contributed by atoms with Gasteiger partial charge in [0.05, 0.1) is 37.6 Å². The first-order valence-corrected chi connectivity index (χ1v) is 20.2. The third-order valence-electron chi connectivity index (χ3n) is 8.92. The van der Waals surface area contributed by atoms with Crippen molar-refractivity contribution in [2.24, 2.45) is 0 Å². The normalized spacial score (nSPS) is 11.1. The molecule has 0 unspecified atom stereocenters. The summed E-state index contributed by atoms with van der Waals surface area (Å²) >= 11 is 0. The Hall–Kier alpha value is -6.95. The number of hydrogen-bond acceptors (Lipinski definition) is 12. The number of carbonyl (C=O) groups is 5. The van der Waals surface area contributed by atoms with Crippen LogP contribution in [0.2, 0.25) is 0 Å². The van der Waals surface area contributed by atoms with Crippen LogP contribution in [0.3, 0.4) is 0 Å². The molecule has 61 heavy (non-hydrogen) atoms. The molecule has 0 aliphatic heterocycles. The monoisotopic (exact) mass is 832 g/mol. The van der Waals surface area contributed by atoms with Crippen LogP contribution in [0.15, 0.2) is 135 Å². The van der Waals surface area contributed by atoms with Crippen molar-refractivity contribution >= 4 is 35.9 Å². The van der Waals surface area contributed by atoms with E-state index in [2.05, 4.69) is 13.2 Å². The number of unbranched alkanes of at least 4 members (excludes halogenated alkanes) is 6. The number of rotatable bonds is 27. The molecule has 4 aromatic rings. The Morgan fingerprint density at radius 3 is 1.49 bits per heavy atom. The number of hydrogen-bond donors (Lipinski definition) is 0. The molecule has 12 heteroatoms. The average molecular weight is 833 g/mol. The smallest absolute Gasteiger partial charge is 0.343 e. The van der Waals surface area contributed by atoms with Crippen LogP contribution in [0.4, 0.5) is 0 Å². The van der Waals surface area contributed by atoms with Gasteiger partial charge in [0.1, 0.15) is 23.9 Å². The predicted molar refractivity (Wildman–Crippen MR) is 229 cm³/mol. The Bertz CT molecular complexity index is 2020. The Kier molecular flexibility index (Phi) is 20.6. The summed E-state index contributed by atoms with van der Waals surface area (Å²) in [6.45, 7) is 8.33. The highest BCUT2D eigenvalue weighted by Gasteiger charge is 2.20. The van der Waals surface area contributed by atoms with Gasteiger partial charge in [-0.1, -0.05) is 55.6 Å². The average Bonchev–Trinajstić information content (AvgIpc) is 3.29. The van der Waals surface area contributed by atoms with E-state index >= 15 is 0 Å². The third kappa shape index (κ3) is 18.2. The zero-order chi connectivity index (χ0) is 43.5. The summed E-state index contributed by atoms with van der Waals surface area (Å²) in [5.74, 6) is -1.11. The molecule has 0 radical (unpaired) electrons. The fraction of sp³-hybridized carbons (Fsp3) is 0.286. The molecule has 0 N–H and O–H groups in total. The number of ether oxygens (including phenoxy) is 7. The van der Waals surface area contributed by atoms with Gasteiger partial charge in [-0.05, 0) is 129 Å². The second kappa shape index (κ2) is 26.9. The van der Waals surface area contributed by atoms with Crippen LogP contribution in [0.5, 0.6) is 17.2 Å². The van der Waals surface area contributed by atoms with E-state index < -0.39 is 36.0 Å². The topological polar surface area (TPSA) is 150 Å². The van der Waals surface area contributed by atoms with Crippen LogP contribution in [-0.2, 0) is 33.3 Å². The summed E-state index contributed by atoms with van der Waals surface area (Å²) in [5.41, 5.74) is 1.94. The van der Waals surface area contributed by atoms with Gasteiger partial charge in [-0.3, -0.25) is 0 Å². The van der Waals surface area contributed by atoms with Gasteiger partial charge in [-0.2, -0.15) is 0 Å². The van der Waals surface area contributed by atoms with E-state index in [1.165, 1.54) is 30.3 Å². The Labute approximate surface area is 356 Å². The van der Waals surface area contributed by atoms with Crippen LogP contribution < -0.4 is 14.2 Å². The van der Waals surface area contributed by atoms with Gasteiger partial charge in [0.15, 0.2) is 6.10 Å². The lowest BCUT2D eigenvalue weighted by Gasteiger charge is -2.18. The SMILES string of the molecule is C=CC(=O)OCCCCCCOc1ccc(/C=C/C(=O)OC[C@H](OC(=O)c2ccc(OC(=O)c3ccc(OCCCCCCOC(=O)C=C)cc3)cc2)c2ccccc2)cc1. The van der Waals surface area contributed by atoms with Crippen LogP contribution in [0.25, 0.3) is 6.08 Å². The molecule has 0 saturated heterocycles. The summed E-state index contributed by atoms with van der Waals surface area (Å²) in [7, 11) is 0. The van der Waals surface area contributed by atoms with Crippen LogP contribution in [0.1, 0.15) is 89.3 Å². The van der Waals surface area contributed by atoms with E-state index in [0.717, 1.165) is 69.1 Å². The summed E-state index contributed by atoms with van der Waals surface area (Å²) in [4.78, 5) is 60.8. The van der Waals surface area contributed by atoms with Gasteiger partial charge in [-0.15, -0.1) is 0 Å². The van der Waals surface area contributed by atoms with E-state index in [9.17, 15) is 24.0 Å². The molecule has 0 bridgehead atoms. The van der Waals surface area contributed by atoms with Crippen molar-refractivity contribution < 1.29 is 57.1 Å². The first kappa shape index (κ1) is 46.7. The maximum absolute atomic E-state index is 13.2. The molecule has 4 aromatic carbocycles. The molecule has 12 nitrogen and oxygen atoms in total. The van der Waals surface area contributed by atoms with Crippen molar-refractivity contribution in [2.75, 3.05) is 33.0 Å². The van der Waals surface area contributed by atoms with Gasteiger partial charge < -0.3 is 33.2 Å². The van der Waals surface area contributed by atoms with Crippen LogP contribution >= 0.6 is 0 Å². The molecule has 0 aromatic heterocycles. The van der Waals surface area contributed by atoms with Crippen LogP contribution in [0, 0.1) is 0 Å². The largest absolute Gasteiger partial charge is 0.494 e. The molecular weight excluding hydrogens is 781 g/mol. The highest BCUT2D eigenvalue weighted by atomic mass is 16.6. The summed E-state index contributed by atoms with van der Waals surface area (Å²) in [5, 5.41) is 0. The first-order chi connectivity index (χ1) is 29.7. The minimum atomic E-state index is -0.887. The number of carbonyl (C=O) groups excluding carboxylic acids is 5. The first-order valence-electron chi connectivity index (χ1n) is 20.2. The van der Waals surface area contributed by atoms with Gasteiger partial charge in [0.25, 0.3) is 0 Å². The maximum atomic E-state index is 13.2. The molecule has 0 spiro atoms. The Morgan fingerprint density at radius 1 is 0.492 bits per heavy atom. The molecule has 0 heterocycles. The van der Waals surface area contributed by atoms with Gasteiger partial charge in [0, 0.05) is 18.2 Å². The summed E-state index contributed by atoms with van der Waals surface area (Å²) in [6.07, 6.45) is 11.3. The minimum Gasteiger partial charge on any atom is -0.494 e. The van der Waals surface area contributed by atoms with Gasteiger partial charge in [0.2, 0.25) is 0 Å². The molecule has 4 rings (SSSR count). The number of benzene rings is 4. The quantitative estimate of drug-likeness (QED) is 0.0185. The van der Waals surface area contributed by atoms with Crippen molar-refractivity contribution in [3.63, 3.8) is 0 Å². The second-order valence-electron chi connectivity index (χ2n) is 13.5. The van der Waals surface area contributed by atoms with Crippen molar-refractivity contribution in [1.82, 2.24) is 0 Å². The summed E-state index contributed by atoms with van der Waals surface area (Å²) in [6, 6.07) is 28.8. The molecule has 0 aliphatic carbocycles. The van der Waals surface area contributed by atoms with Crippen molar-refractivity contribution in [1.29, 1.82) is 0 Å². The van der Waals surface area contributed by atoms with Crippen LogP contribution in [-0.4, -0.2) is 62.9 Å². The number of esters is 5. The molecule has 0 fully saturated rings. The molecule has 1 atom stereocenters. The van der Waals surface area contributed by atoms with Crippen molar-refractivity contribution in [3.8, 4) is 17.2 Å². The van der Waals surface area contributed by atoms with E-state index in [-0.39, 0.29) is 17.9 Å². The second-order valence-corrected chi connectivity index (χ2v) is 13.5. The van der Waals surface area contributed by atoms with E-state index in [1.807, 2.05) is 30.3 Å². The van der Waals surface area contributed by atoms with E-state index in [0.29, 0.717) is 49.1 Å². The molecule has 320 valence electrons. The van der Waals surface area contributed by atoms with E-state index in [1.54, 1.807) is 54.6 Å². The molecular formula is C49H52O12. The zero-order valence-electron chi connectivity index (χ0n) is 34.2. The highest BCUT2D eigenvalue weighted by Crippen LogP contribution is 2.23. The lowest BCUT2D eigenvalue weighted by Crippen LogP contribution is -2.18. The lowest BCUT2D eigenvalue weighted by molar-refractivity contribution is -0.141. The molecule has 0 amide bonds. The highest BCUT2D eigenvalue weighted by molar-refractivity contribution is 5.92. The molecule has 0 saturated carbocycles.